The number of nitrogens with zero attached hydrogens (tertiary/aromatic N) is 1. The lowest BCUT2D eigenvalue weighted by Gasteiger charge is -2.26. The van der Waals surface area contributed by atoms with E-state index in [0.29, 0.717) is 32.0 Å². The first-order chi connectivity index (χ1) is 14.0. The van der Waals surface area contributed by atoms with Gasteiger partial charge < -0.3 is 10.1 Å². The molecule has 0 bridgehead atoms. The van der Waals surface area contributed by atoms with Crippen molar-refractivity contribution < 1.29 is 17.9 Å². The Bertz CT molecular complexity index is 1120. The first-order valence-corrected chi connectivity index (χ1v) is 10.9. The van der Waals surface area contributed by atoms with Crippen LogP contribution in [0.2, 0.25) is 0 Å². The molecular formula is C22H22N2O4S. The minimum Gasteiger partial charge on any atom is -0.379 e. The highest BCUT2D eigenvalue weighted by atomic mass is 32.2. The van der Waals surface area contributed by atoms with E-state index in [0.717, 1.165) is 16.3 Å². The minimum absolute atomic E-state index is 0.148. The van der Waals surface area contributed by atoms with E-state index in [2.05, 4.69) is 5.32 Å². The zero-order valence-electron chi connectivity index (χ0n) is 15.9. The molecule has 3 aromatic carbocycles. The smallest absolute Gasteiger partial charge is 0.243 e. The Balaban J connectivity index is 1.45. The molecule has 6 nitrogen and oxygen atoms in total. The molecule has 0 unspecified atom stereocenters. The number of morpholine rings is 1. The Labute approximate surface area is 170 Å². The Kier molecular flexibility index (Phi) is 5.62. The molecule has 1 fully saturated rings. The van der Waals surface area contributed by atoms with Gasteiger partial charge in [0.15, 0.2) is 0 Å². The number of benzene rings is 3. The van der Waals surface area contributed by atoms with Gasteiger partial charge >= 0.3 is 0 Å². The van der Waals surface area contributed by atoms with Crippen LogP contribution in [-0.2, 0) is 26.0 Å². The number of amides is 1. The molecule has 1 aliphatic heterocycles. The summed E-state index contributed by atoms with van der Waals surface area (Å²) in [5.74, 6) is -0.148. The molecule has 7 heteroatoms. The molecule has 0 aromatic heterocycles. The summed E-state index contributed by atoms with van der Waals surface area (Å²) in [7, 11) is -3.54. The van der Waals surface area contributed by atoms with Gasteiger partial charge in [0, 0.05) is 18.8 Å². The molecule has 0 saturated carbocycles. The predicted octanol–water partition coefficient (Wildman–Crippen LogP) is 3.04. The Morgan fingerprint density at radius 3 is 2.38 bits per heavy atom. The number of rotatable bonds is 5. The van der Waals surface area contributed by atoms with E-state index >= 15 is 0 Å². The van der Waals surface area contributed by atoms with Crippen LogP contribution in [-0.4, -0.2) is 44.9 Å². The molecular weight excluding hydrogens is 388 g/mol. The molecule has 0 atom stereocenters. The first kappa shape index (κ1) is 19.6. The third-order valence-electron chi connectivity index (χ3n) is 4.98. The molecule has 3 aromatic rings. The van der Waals surface area contributed by atoms with Gasteiger partial charge in [0.1, 0.15) is 0 Å². The first-order valence-electron chi connectivity index (χ1n) is 9.48. The fourth-order valence-corrected chi connectivity index (χ4v) is 4.88. The predicted molar refractivity (Wildman–Crippen MR) is 112 cm³/mol. The van der Waals surface area contributed by atoms with Crippen LogP contribution in [0.3, 0.4) is 0 Å². The quantitative estimate of drug-likeness (QED) is 0.702. The molecule has 1 N–H and O–H groups in total. The van der Waals surface area contributed by atoms with Crippen LogP contribution < -0.4 is 5.32 Å². The van der Waals surface area contributed by atoms with Gasteiger partial charge in [0.25, 0.3) is 0 Å². The monoisotopic (exact) mass is 410 g/mol. The fourth-order valence-electron chi connectivity index (χ4n) is 3.47. The van der Waals surface area contributed by atoms with Gasteiger partial charge in [-0.25, -0.2) is 8.42 Å². The van der Waals surface area contributed by atoms with Gasteiger partial charge in [-0.3, -0.25) is 4.79 Å². The van der Waals surface area contributed by atoms with E-state index in [1.807, 2.05) is 42.5 Å². The van der Waals surface area contributed by atoms with Crippen LogP contribution in [0.4, 0.5) is 5.69 Å². The van der Waals surface area contributed by atoms with Gasteiger partial charge in [-0.1, -0.05) is 42.5 Å². The SMILES string of the molecule is O=C(Cc1cccc2ccccc12)Nc1ccc(S(=O)(=O)N2CCOCC2)cc1. The van der Waals surface area contributed by atoms with Crippen LogP contribution in [0.15, 0.2) is 71.6 Å². The molecule has 150 valence electrons. The summed E-state index contributed by atoms with van der Waals surface area (Å²) in [4.78, 5) is 12.7. The van der Waals surface area contributed by atoms with Crippen molar-refractivity contribution in [3.8, 4) is 0 Å². The van der Waals surface area contributed by atoms with E-state index in [1.54, 1.807) is 12.1 Å². The third kappa shape index (κ3) is 4.32. The third-order valence-corrected chi connectivity index (χ3v) is 6.89. The van der Waals surface area contributed by atoms with E-state index < -0.39 is 10.0 Å². The van der Waals surface area contributed by atoms with Crippen LogP contribution in [0.5, 0.6) is 0 Å². The van der Waals surface area contributed by atoms with Gasteiger partial charge in [0.2, 0.25) is 15.9 Å². The maximum atomic E-state index is 12.7. The normalized spacial score (nSPS) is 15.3. The van der Waals surface area contributed by atoms with Crippen molar-refractivity contribution in [2.24, 2.45) is 0 Å². The maximum Gasteiger partial charge on any atom is 0.243 e. The largest absolute Gasteiger partial charge is 0.379 e. The average Bonchev–Trinajstić information content (AvgIpc) is 2.75. The number of nitrogens with one attached hydrogen (secondary N) is 1. The second-order valence-electron chi connectivity index (χ2n) is 6.90. The minimum atomic E-state index is -3.54. The molecule has 1 aliphatic rings. The second-order valence-corrected chi connectivity index (χ2v) is 8.84. The van der Waals surface area contributed by atoms with Gasteiger partial charge in [-0.2, -0.15) is 4.31 Å². The summed E-state index contributed by atoms with van der Waals surface area (Å²) in [6.07, 6.45) is 0.245. The van der Waals surface area contributed by atoms with Crippen molar-refractivity contribution in [2.45, 2.75) is 11.3 Å². The Morgan fingerprint density at radius 2 is 1.62 bits per heavy atom. The Hall–Kier alpha value is -2.74. The zero-order valence-corrected chi connectivity index (χ0v) is 16.7. The number of hydrogen-bond acceptors (Lipinski definition) is 4. The number of sulfonamides is 1. The molecule has 4 rings (SSSR count). The summed E-state index contributed by atoms with van der Waals surface area (Å²) in [6.45, 7) is 1.51. The standard InChI is InChI=1S/C22H22N2O4S/c25-22(16-18-6-3-5-17-4-1-2-7-21(17)18)23-19-8-10-20(11-9-19)29(26,27)24-12-14-28-15-13-24/h1-11H,12-16H2,(H,23,25). The lowest BCUT2D eigenvalue weighted by molar-refractivity contribution is -0.115. The molecule has 0 radical (unpaired) electrons. The molecule has 1 heterocycles. The highest BCUT2D eigenvalue weighted by molar-refractivity contribution is 7.89. The van der Waals surface area contributed by atoms with Crippen molar-refractivity contribution in [2.75, 3.05) is 31.6 Å². The summed E-state index contributed by atoms with van der Waals surface area (Å²) < 4.78 is 32.0. The summed E-state index contributed by atoms with van der Waals surface area (Å²) in [5, 5.41) is 4.99. The van der Waals surface area contributed by atoms with Crippen molar-refractivity contribution in [3.05, 3.63) is 72.3 Å². The molecule has 1 amide bonds. The summed E-state index contributed by atoms with van der Waals surface area (Å²) >= 11 is 0. The van der Waals surface area contributed by atoms with E-state index in [9.17, 15) is 13.2 Å². The lowest BCUT2D eigenvalue weighted by atomic mass is 10.0. The van der Waals surface area contributed by atoms with E-state index in [4.69, 9.17) is 4.74 Å². The number of ether oxygens (including phenoxy) is 1. The summed E-state index contributed by atoms with van der Waals surface area (Å²) in [6, 6.07) is 20.1. The van der Waals surface area contributed by atoms with Crippen molar-refractivity contribution in [1.82, 2.24) is 4.31 Å². The van der Waals surface area contributed by atoms with E-state index in [-0.39, 0.29) is 17.2 Å². The van der Waals surface area contributed by atoms with Gasteiger partial charge in [-0.05, 0) is 40.6 Å². The van der Waals surface area contributed by atoms with Crippen LogP contribution >= 0.6 is 0 Å². The maximum absolute atomic E-state index is 12.7. The number of fused-ring (bicyclic) bond motifs is 1. The van der Waals surface area contributed by atoms with Crippen LogP contribution in [0.25, 0.3) is 10.8 Å². The molecule has 1 saturated heterocycles. The topological polar surface area (TPSA) is 75.7 Å². The van der Waals surface area contributed by atoms with Crippen molar-refractivity contribution >= 4 is 32.4 Å². The van der Waals surface area contributed by atoms with Crippen LogP contribution in [0.1, 0.15) is 5.56 Å². The molecule has 0 spiro atoms. The number of hydrogen-bond donors (Lipinski definition) is 1. The van der Waals surface area contributed by atoms with Crippen molar-refractivity contribution in [1.29, 1.82) is 0 Å². The molecule has 0 aliphatic carbocycles. The van der Waals surface area contributed by atoms with Gasteiger partial charge in [0.05, 0.1) is 24.5 Å². The summed E-state index contributed by atoms with van der Waals surface area (Å²) in [5.41, 5.74) is 1.52. The second kappa shape index (κ2) is 8.32. The van der Waals surface area contributed by atoms with Crippen LogP contribution in [0, 0.1) is 0 Å². The number of carbonyl (C=O) groups excluding carboxylic acids is 1. The highest BCUT2D eigenvalue weighted by Gasteiger charge is 2.26. The van der Waals surface area contributed by atoms with Crippen molar-refractivity contribution in [3.63, 3.8) is 0 Å². The zero-order chi connectivity index (χ0) is 20.3. The lowest BCUT2D eigenvalue weighted by Crippen LogP contribution is -2.40. The van der Waals surface area contributed by atoms with E-state index in [1.165, 1.54) is 16.4 Å². The molecule has 29 heavy (non-hydrogen) atoms. The average molecular weight is 410 g/mol. The Morgan fingerprint density at radius 1 is 0.931 bits per heavy atom. The van der Waals surface area contributed by atoms with Gasteiger partial charge in [-0.15, -0.1) is 0 Å². The fraction of sp³-hybridized carbons (Fsp3) is 0.227. The number of anilines is 1. The highest BCUT2D eigenvalue weighted by Crippen LogP contribution is 2.21. The number of carbonyl (C=O) groups is 1.